The van der Waals surface area contributed by atoms with Crippen molar-refractivity contribution >= 4 is 47.2 Å². The van der Waals surface area contributed by atoms with Gasteiger partial charge in [-0.25, -0.2) is 0 Å². The van der Waals surface area contributed by atoms with E-state index >= 15 is 0 Å². The van der Waals surface area contributed by atoms with E-state index in [1.807, 2.05) is 44.3 Å². The molecule has 1 aromatic heterocycles. The third-order valence-electron chi connectivity index (χ3n) is 5.96. The normalized spacial score (nSPS) is 13.6. The third-order valence-corrected chi connectivity index (χ3v) is 6.45. The minimum atomic E-state index is -0.808. The van der Waals surface area contributed by atoms with Crippen LogP contribution in [0.15, 0.2) is 30.5 Å². The van der Waals surface area contributed by atoms with Gasteiger partial charge in [-0.2, -0.15) is 12.6 Å². The molecule has 0 radical (unpaired) electrons. The second kappa shape index (κ2) is 14.5. The second-order valence-electron chi connectivity index (χ2n) is 9.27. The first-order chi connectivity index (χ1) is 17.2. The van der Waals surface area contributed by atoms with E-state index in [0.29, 0.717) is 32.1 Å². The zero-order valence-electron chi connectivity index (χ0n) is 21.4. The van der Waals surface area contributed by atoms with Crippen LogP contribution in [0.1, 0.15) is 51.5 Å². The highest BCUT2D eigenvalue weighted by Crippen LogP contribution is 2.19. The second-order valence-corrected chi connectivity index (χ2v) is 9.89. The summed E-state index contributed by atoms with van der Waals surface area (Å²) in [6.07, 6.45) is 4.51. The summed E-state index contributed by atoms with van der Waals surface area (Å²) in [5.74, 6) is -1.25. The molecule has 1 aromatic carbocycles. The number of nitrogens with one attached hydrogen (secondary N) is 4. The van der Waals surface area contributed by atoms with Crippen molar-refractivity contribution in [2.45, 2.75) is 69.7 Å². The number of aromatic amines is 1. The number of rotatable bonds is 14. The molecule has 0 spiro atoms. The topological polar surface area (TPSA) is 129 Å². The van der Waals surface area contributed by atoms with Crippen molar-refractivity contribution < 1.29 is 23.9 Å². The number of carbonyl (C=O) groups is 4. The summed E-state index contributed by atoms with van der Waals surface area (Å²) in [7, 11) is 2.86. The fraction of sp³-hybridized carbons (Fsp3) is 0.538. The maximum atomic E-state index is 13.2. The van der Waals surface area contributed by atoms with Crippen LogP contribution in [0.25, 0.3) is 10.9 Å². The fourth-order valence-corrected chi connectivity index (χ4v) is 4.24. The van der Waals surface area contributed by atoms with Gasteiger partial charge in [0, 0.05) is 37.0 Å². The molecular formula is C26H38N4O5S. The van der Waals surface area contributed by atoms with Crippen LogP contribution in [0.2, 0.25) is 0 Å². The number of hydrogen-bond acceptors (Lipinski definition) is 6. The van der Waals surface area contributed by atoms with Crippen molar-refractivity contribution in [2.75, 3.05) is 14.2 Å². The van der Waals surface area contributed by atoms with E-state index in [2.05, 4.69) is 38.3 Å². The van der Waals surface area contributed by atoms with E-state index < -0.39 is 23.2 Å². The number of thiol groups is 1. The summed E-state index contributed by atoms with van der Waals surface area (Å²) in [5.41, 5.74) is 1.86. The number of aromatic nitrogens is 1. The lowest BCUT2D eigenvalue weighted by atomic mass is 10.0. The maximum Gasteiger partial charge on any atom is 0.305 e. The molecule has 0 aliphatic carbocycles. The standard InChI is InChI=1S/C26H38N4O5S/c1-16(2)13-20(30-26(34)22(36)11-7-8-12-23(31)35-4)25(33)29-21(24(32)27-3)14-17-15-28-19-10-6-5-9-18(17)19/h5-6,9-10,15-16,20-22,28,36H,7-8,11-14H2,1-4H3,(H,27,32)(H,29,33)(H,30,34)/t20?,21-,22?/m0/s1. The lowest BCUT2D eigenvalue weighted by Gasteiger charge is -2.25. The molecule has 4 N–H and O–H groups in total. The van der Waals surface area contributed by atoms with Crippen LogP contribution in [0.4, 0.5) is 0 Å². The molecule has 10 heteroatoms. The van der Waals surface area contributed by atoms with Crippen molar-refractivity contribution in [3.05, 3.63) is 36.0 Å². The van der Waals surface area contributed by atoms with Crippen molar-refractivity contribution in [1.29, 1.82) is 0 Å². The van der Waals surface area contributed by atoms with E-state index in [9.17, 15) is 19.2 Å². The molecular weight excluding hydrogens is 480 g/mol. The number of esters is 1. The van der Waals surface area contributed by atoms with Crippen LogP contribution < -0.4 is 16.0 Å². The molecule has 198 valence electrons. The Bertz CT molecular complexity index is 1040. The van der Waals surface area contributed by atoms with E-state index in [4.69, 9.17) is 0 Å². The van der Waals surface area contributed by atoms with Gasteiger partial charge in [0.15, 0.2) is 0 Å². The summed E-state index contributed by atoms with van der Waals surface area (Å²) in [6, 6.07) is 6.14. The Hall–Kier alpha value is -3.01. The van der Waals surface area contributed by atoms with E-state index in [-0.39, 0.29) is 30.1 Å². The van der Waals surface area contributed by atoms with Crippen molar-refractivity contribution in [3.63, 3.8) is 0 Å². The number of para-hydroxylation sites is 1. The van der Waals surface area contributed by atoms with Gasteiger partial charge < -0.3 is 25.7 Å². The van der Waals surface area contributed by atoms with Gasteiger partial charge in [-0.15, -0.1) is 0 Å². The average molecular weight is 519 g/mol. The lowest BCUT2D eigenvalue weighted by molar-refractivity contribution is -0.140. The van der Waals surface area contributed by atoms with Gasteiger partial charge in [-0.3, -0.25) is 19.2 Å². The number of benzene rings is 1. The van der Waals surface area contributed by atoms with Gasteiger partial charge >= 0.3 is 5.97 Å². The number of methoxy groups -OCH3 is 1. The first-order valence-corrected chi connectivity index (χ1v) is 12.8. The van der Waals surface area contributed by atoms with Gasteiger partial charge in [0.25, 0.3) is 0 Å². The minimum absolute atomic E-state index is 0.131. The number of fused-ring (bicyclic) bond motifs is 1. The molecule has 3 atom stereocenters. The number of unbranched alkanes of at least 4 members (excludes halogenated alkanes) is 1. The minimum Gasteiger partial charge on any atom is -0.469 e. The summed E-state index contributed by atoms with van der Waals surface area (Å²) >= 11 is 4.39. The largest absolute Gasteiger partial charge is 0.469 e. The number of amides is 3. The van der Waals surface area contributed by atoms with Crippen LogP contribution in [0.5, 0.6) is 0 Å². The number of hydrogen-bond donors (Lipinski definition) is 5. The summed E-state index contributed by atoms with van der Waals surface area (Å²) in [5, 5.41) is 8.62. The molecule has 0 aliphatic rings. The molecule has 2 rings (SSSR count). The average Bonchev–Trinajstić information content (AvgIpc) is 3.27. The molecule has 36 heavy (non-hydrogen) atoms. The van der Waals surface area contributed by atoms with E-state index in [0.717, 1.165) is 16.5 Å². The Balaban J connectivity index is 2.04. The SMILES string of the molecule is CNC(=O)[C@H](Cc1c[nH]c2ccccc12)NC(=O)C(CC(C)C)NC(=O)C(S)CCCCC(=O)OC. The molecule has 0 saturated carbocycles. The molecule has 0 saturated heterocycles. The highest BCUT2D eigenvalue weighted by atomic mass is 32.1. The first kappa shape index (κ1) is 29.2. The molecule has 3 amide bonds. The summed E-state index contributed by atoms with van der Waals surface area (Å²) in [6.45, 7) is 3.92. The number of H-pyrrole nitrogens is 1. The van der Waals surface area contributed by atoms with Crippen LogP contribution in [-0.2, 0) is 30.3 Å². The molecule has 2 unspecified atom stereocenters. The van der Waals surface area contributed by atoms with Gasteiger partial charge in [0.05, 0.1) is 12.4 Å². The quantitative estimate of drug-likeness (QED) is 0.149. The number of carbonyl (C=O) groups excluding carboxylic acids is 4. The zero-order chi connectivity index (χ0) is 26.7. The van der Waals surface area contributed by atoms with Gasteiger partial charge in [0.2, 0.25) is 17.7 Å². The van der Waals surface area contributed by atoms with Crippen LogP contribution in [0.3, 0.4) is 0 Å². The predicted octanol–water partition coefficient (Wildman–Crippen LogP) is 2.50. The highest BCUT2D eigenvalue weighted by molar-refractivity contribution is 7.81. The molecule has 1 heterocycles. The van der Waals surface area contributed by atoms with Crippen molar-refractivity contribution in [3.8, 4) is 0 Å². The number of likely N-dealkylation sites (N-methyl/N-ethyl adjacent to an activating group) is 1. The zero-order valence-corrected chi connectivity index (χ0v) is 22.3. The molecule has 2 aromatic rings. The monoisotopic (exact) mass is 518 g/mol. The van der Waals surface area contributed by atoms with Gasteiger partial charge in [0.1, 0.15) is 12.1 Å². The smallest absolute Gasteiger partial charge is 0.305 e. The first-order valence-electron chi connectivity index (χ1n) is 12.3. The predicted molar refractivity (Wildman–Crippen MR) is 143 cm³/mol. The Morgan fingerprint density at radius 2 is 1.69 bits per heavy atom. The third kappa shape index (κ3) is 8.89. The Morgan fingerprint density at radius 3 is 2.36 bits per heavy atom. The fourth-order valence-electron chi connectivity index (χ4n) is 3.99. The Kier molecular flexibility index (Phi) is 11.8. The van der Waals surface area contributed by atoms with Crippen molar-refractivity contribution in [1.82, 2.24) is 20.9 Å². The van der Waals surface area contributed by atoms with Crippen molar-refractivity contribution in [2.24, 2.45) is 5.92 Å². The lowest BCUT2D eigenvalue weighted by Crippen LogP contribution is -2.55. The molecule has 0 fully saturated rings. The van der Waals surface area contributed by atoms with Gasteiger partial charge in [-0.05, 0) is 36.8 Å². The Morgan fingerprint density at radius 1 is 1.00 bits per heavy atom. The molecule has 0 bridgehead atoms. The maximum absolute atomic E-state index is 13.2. The van der Waals surface area contributed by atoms with E-state index in [1.54, 1.807) is 0 Å². The Labute approximate surface area is 217 Å². The van der Waals surface area contributed by atoms with Crippen LogP contribution in [-0.4, -0.2) is 60.2 Å². The summed E-state index contributed by atoms with van der Waals surface area (Å²) in [4.78, 5) is 53.1. The van der Waals surface area contributed by atoms with Crippen LogP contribution in [0, 0.1) is 5.92 Å². The summed E-state index contributed by atoms with van der Waals surface area (Å²) < 4.78 is 4.62. The molecule has 9 nitrogen and oxygen atoms in total. The highest BCUT2D eigenvalue weighted by Gasteiger charge is 2.29. The number of ether oxygens (including phenoxy) is 1. The van der Waals surface area contributed by atoms with E-state index in [1.165, 1.54) is 14.2 Å². The van der Waals surface area contributed by atoms with Gasteiger partial charge in [-0.1, -0.05) is 38.5 Å². The molecule has 0 aliphatic heterocycles. The van der Waals surface area contributed by atoms with Crippen LogP contribution >= 0.6 is 12.6 Å².